The van der Waals surface area contributed by atoms with Gasteiger partial charge in [0.05, 0.1) is 10.7 Å². The Balaban J connectivity index is 1.97. The van der Waals surface area contributed by atoms with E-state index in [1.165, 1.54) is 5.56 Å². The second-order valence-corrected chi connectivity index (χ2v) is 4.66. The predicted molar refractivity (Wildman–Crippen MR) is 66.8 cm³/mol. The van der Waals surface area contributed by atoms with E-state index in [4.69, 9.17) is 5.11 Å². The van der Waals surface area contributed by atoms with Gasteiger partial charge in [-0.25, -0.2) is 4.98 Å². The van der Waals surface area contributed by atoms with Crippen molar-refractivity contribution in [3.63, 3.8) is 0 Å². The number of nitrogens with zero attached hydrogens (tertiary/aromatic N) is 1. The first kappa shape index (κ1) is 11.3. The van der Waals surface area contributed by atoms with E-state index in [1.54, 1.807) is 11.3 Å². The number of aliphatic hydroxyl groups is 1. The Morgan fingerprint density at radius 3 is 2.75 bits per heavy atom. The van der Waals surface area contributed by atoms with E-state index < -0.39 is 0 Å². The summed E-state index contributed by atoms with van der Waals surface area (Å²) in [6, 6.07) is 10.4. The summed E-state index contributed by atoms with van der Waals surface area (Å²) in [5.41, 5.74) is 2.40. The maximum Gasteiger partial charge on any atom is 0.0972 e. The molecule has 0 saturated heterocycles. The number of aryl methyl sites for hydroxylation is 1. The van der Waals surface area contributed by atoms with Crippen molar-refractivity contribution in [2.24, 2.45) is 0 Å². The lowest BCUT2D eigenvalue weighted by molar-refractivity contribution is 0.288. The van der Waals surface area contributed by atoms with E-state index in [-0.39, 0.29) is 6.61 Å². The van der Waals surface area contributed by atoms with Gasteiger partial charge in [0.25, 0.3) is 0 Å². The number of hydrogen-bond acceptors (Lipinski definition) is 3. The molecule has 0 amide bonds. The standard InChI is InChI=1S/C13H15NOS/c15-8-4-7-12-10-16-13(14-12)9-11-5-2-1-3-6-11/h1-3,5-6,10,15H,4,7-9H2. The van der Waals surface area contributed by atoms with Gasteiger partial charge >= 0.3 is 0 Å². The lowest BCUT2D eigenvalue weighted by Gasteiger charge is -1.96. The number of hydrogen-bond donors (Lipinski definition) is 1. The molecular weight excluding hydrogens is 218 g/mol. The minimum atomic E-state index is 0.242. The van der Waals surface area contributed by atoms with Crippen LogP contribution in [-0.2, 0) is 12.8 Å². The topological polar surface area (TPSA) is 33.1 Å². The number of benzene rings is 1. The Morgan fingerprint density at radius 2 is 2.00 bits per heavy atom. The van der Waals surface area contributed by atoms with Gasteiger partial charge in [-0.1, -0.05) is 30.3 Å². The number of aliphatic hydroxyl groups excluding tert-OH is 1. The minimum Gasteiger partial charge on any atom is -0.396 e. The minimum absolute atomic E-state index is 0.242. The van der Waals surface area contributed by atoms with Crippen LogP contribution in [0.3, 0.4) is 0 Å². The molecule has 0 atom stereocenters. The third kappa shape index (κ3) is 3.15. The van der Waals surface area contributed by atoms with Crippen LogP contribution < -0.4 is 0 Å². The summed E-state index contributed by atoms with van der Waals surface area (Å²) in [5.74, 6) is 0. The Hall–Kier alpha value is -1.19. The average molecular weight is 233 g/mol. The van der Waals surface area contributed by atoms with Gasteiger partial charge in [-0.2, -0.15) is 0 Å². The van der Waals surface area contributed by atoms with E-state index in [1.807, 2.05) is 6.07 Å². The van der Waals surface area contributed by atoms with Crippen molar-refractivity contribution in [2.75, 3.05) is 6.61 Å². The van der Waals surface area contributed by atoms with Crippen LogP contribution in [0.25, 0.3) is 0 Å². The molecule has 0 aliphatic rings. The largest absolute Gasteiger partial charge is 0.396 e. The highest BCUT2D eigenvalue weighted by atomic mass is 32.1. The normalized spacial score (nSPS) is 10.6. The fourth-order valence-corrected chi connectivity index (χ4v) is 2.44. The van der Waals surface area contributed by atoms with Crippen molar-refractivity contribution in [3.8, 4) is 0 Å². The highest BCUT2D eigenvalue weighted by Gasteiger charge is 2.02. The van der Waals surface area contributed by atoms with Gasteiger partial charge in [-0.3, -0.25) is 0 Å². The summed E-state index contributed by atoms with van der Waals surface area (Å²) < 4.78 is 0. The monoisotopic (exact) mass is 233 g/mol. The zero-order valence-corrected chi connectivity index (χ0v) is 9.91. The molecule has 84 valence electrons. The Morgan fingerprint density at radius 1 is 1.19 bits per heavy atom. The average Bonchev–Trinajstić information content (AvgIpc) is 2.75. The molecule has 3 heteroatoms. The highest BCUT2D eigenvalue weighted by Crippen LogP contribution is 2.15. The third-order valence-electron chi connectivity index (χ3n) is 2.39. The number of rotatable bonds is 5. The third-order valence-corrected chi connectivity index (χ3v) is 3.29. The van der Waals surface area contributed by atoms with Crippen molar-refractivity contribution in [1.82, 2.24) is 4.98 Å². The van der Waals surface area contributed by atoms with Crippen molar-refractivity contribution in [2.45, 2.75) is 19.3 Å². The van der Waals surface area contributed by atoms with Gasteiger partial charge in [0.15, 0.2) is 0 Å². The summed E-state index contributed by atoms with van der Waals surface area (Å²) >= 11 is 1.70. The van der Waals surface area contributed by atoms with Gasteiger partial charge in [0, 0.05) is 18.4 Å². The second-order valence-electron chi connectivity index (χ2n) is 3.72. The van der Waals surface area contributed by atoms with Crippen LogP contribution in [0.15, 0.2) is 35.7 Å². The molecule has 2 aromatic rings. The molecule has 1 aromatic carbocycles. The molecule has 2 rings (SSSR count). The smallest absolute Gasteiger partial charge is 0.0972 e. The van der Waals surface area contributed by atoms with Crippen LogP contribution in [0.2, 0.25) is 0 Å². The molecule has 0 aliphatic carbocycles. The molecule has 2 nitrogen and oxygen atoms in total. The van der Waals surface area contributed by atoms with Crippen molar-refractivity contribution >= 4 is 11.3 Å². The van der Waals surface area contributed by atoms with E-state index >= 15 is 0 Å². The van der Waals surface area contributed by atoms with Crippen LogP contribution in [0.5, 0.6) is 0 Å². The van der Waals surface area contributed by atoms with Crippen LogP contribution in [0.1, 0.15) is 22.7 Å². The van der Waals surface area contributed by atoms with E-state index in [0.717, 1.165) is 30.0 Å². The summed E-state index contributed by atoms with van der Waals surface area (Å²) in [4.78, 5) is 4.55. The Bertz CT molecular complexity index is 425. The summed E-state index contributed by atoms with van der Waals surface area (Å²) in [6.07, 6.45) is 2.58. The molecule has 1 heterocycles. The first-order valence-electron chi connectivity index (χ1n) is 5.46. The maximum atomic E-state index is 8.75. The SMILES string of the molecule is OCCCc1csc(Cc2ccccc2)n1. The molecule has 0 aliphatic heterocycles. The molecule has 0 bridgehead atoms. The Labute approximate surface area is 99.6 Å². The van der Waals surface area contributed by atoms with Crippen LogP contribution >= 0.6 is 11.3 Å². The second kappa shape index (κ2) is 5.77. The van der Waals surface area contributed by atoms with Crippen molar-refractivity contribution < 1.29 is 5.11 Å². The molecule has 0 radical (unpaired) electrons. The molecule has 0 saturated carbocycles. The fraction of sp³-hybridized carbons (Fsp3) is 0.308. The number of aromatic nitrogens is 1. The molecular formula is C13H15NOS. The molecule has 16 heavy (non-hydrogen) atoms. The summed E-state index contributed by atoms with van der Waals surface area (Å²) in [6.45, 7) is 0.242. The summed E-state index contributed by atoms with van der Waals surface area (Å²) in [5, 5.41) is 12.0. The fourth-order valence-electron chi connectivity index (χ4n) is 1.58. The van der Waals surface area contributed by atoms with Crippen molar-refractivity contribution in [1.29, 1.82) is 0 Å². The first-order valence-corrected chi connectivity index (χ1v) is 6.34. The lowest BCUT2D eigenvalue weighted by Crippen LogP contribution is -1.91. The van der Waals surface area contributed by atoms with Crippen LogP contribution in [-0.4, -0.2) is 16.7 Å². The Kier molecular flexibility index (Phi) is 4.08. The molecule has 0 spiro atoms. The molecule has 0 unspecified atom stereocenters. The molecule has 1 aromatic heterocycles. The first-order chi connectivity index (χ1) is 7.88. The van der Waals surface area contributed by atoms with Gasteiger partial charge in [0.2, 0.25) is 0 Å². The van der Waals surface area contributed by atoms with E-state index in [0.29, 0.717) is 0 Å². The quantitative estimate of drug-likeness (QED) is 0.861. The zero-order valence-electron chi connectivity index (χ0n) is 9.10. The van der Waals surface area contributed by atoms with Crippen LogP contribution in [0, 0.1) is 0 Å². The van der Waals surface area contributed by atoms with Gasteiger partial charge in [-0.15, -0.1) is 11.3 Å². The van der Waals surface area contributed by atoms with Gasteiger partial charge in [-0.05, 0) is 18.4 Å². The maximum absolute atomic E-state index is 8.75. The number of thiazole rings is 1. The lowest BCUT2D eigenvalue weighted by atomic mass is 10.2. The van der Waals surface area contributed by atoms with Crippen LogP contribution in [0.4, 0.5) is 0 Å². The van der Waals surface area contributed by atoms with E-state index in [2.05, 4.69) is 34.6 Å². The van der Waals surface area contributed by atoms with E-state index in [9.17, 15) is 0 Å². The molecule has 0 fully saturated rings. The predicted octanol–water partition coefficient (Wildman–Crippen LogP) is 2.66. The summed E-state index contributed by atoms with van der Waals surface area (Å²) in [7, 11) is 0. The van der Waals surface area contributed by atoms with Gasteiger partial charge in [0.1, 0.15) is 0 Å². The highest BCUT2D eigenvalue weighted by molar-refractivity contribution is 7.09. The van der Waals surface area contributed by atoms with Gasteiger partial charge < -0.3 is 5.11 Å². The zero-order chi connectivity index (χ0) is 11.2. The van der Waals surface area contributed by atoms with Crippen molar-refractivity contribution in [3.05, 3.63) is 52.0 Å². The molecule has 1 N–H and O–H groups in total.